The van der Waals surface area contributed by atoms with Crippen molar-refractivity contribution in [2.24, 2.45) is 11.7 Å². The molecule has 1 aromatic heterocycles. The van der Waals surface area contributed by atoms with Crippen molar-refractivity contribution in [1.82, 2.24) is 15.0 Å². The molecule has 128 valence electrons. The average molecular weight is 322 g/mol. The van der Waals surface area contributed by atoms with Crippen molar-refractivity contribution in [3.8, 4) is 0 Å². The molecule has 7 nitrogen and oxygen atoms in total. The molecule has 1 aromatic rings. The lowest BCUT2D eigenvalue weighted by molar-refractivity contribution is -0.136. The number of aromatic nitrogens is 1. The van der Waals surface area contributed by atoms with E-state index in [4.69, 9.17) is 15.0 Å². The smallest absolute Gasteiger partial charge is 0.239 e. The highest BCUT2D eigenvalue weighted by Gasteiger charge is 2.31. The number of nitrogens with two attached hydrogens (primary N) is 1. The van der Waals surface area contributed by atoms with Gasteiger partial charge >= 0.3 is 0 Å². The van der Waals surface area contributed by atoms with Crippen molar-refractivity contribution in [2.45, 2.75) is 32.4 Å². The Morgan fingerprint density at radius 1 is 1.35 bits per heavy atom. The fraction of sp³-hybridized carbons (Fsp3) is 0.750. The van der Waals surface area contributed by atoms with E-state index in [9.17, 15) is 4.79 Å². The Balaban J connectivity index is 1.47. The van der Waals surface area contributed by atoms with Crippen LogP contribution < -0.4 is 5.73 Å². The van der Waals surface area contributed by atoms with Crippen LogP contribution in [0.1, 0.15) is 24.3 Å². The lowest BCUT2D eigenvalue weighted by atomic mass is 9.91. The molecule has 2 aliphatic rings. The van der Waals surface area contributed by atoms with Gasteiger partial charge in [0.2, 0.25) is 5.91 Å². The molecule has 1 amide bonds. The van der Waals surface area contributed by atoms with E-state index in [0.29, 0.717) is 0 Å². The predicted octanol–water partition coefficient (Wildman–Crippen LogP) is 0.381. The molecule has 0 bridgehead atoms. The van der Waals surface area contributed by atoms with Gasteiger partial charge in [0, 0.05) is 45.5 Å². The summed E-state index contributed by atoms with van der Waals surface area (Å²) in [7, 11) is 0. The van der Waals surface area contributed by atoms with Crippen molar-refractivity contribution >= 4 is 5.91 Å². The largest absolute Gasteiger partial charge is 0.381 e. The molecule has 0 aliphatic carbocycles. The first-order valence-corrected chi connectivity index (χ1v) is 8.40. The van der Waals surface area contributed by atoms with E-state index in [1.54, 1.807) is 0 Å². The number of nitrogens with zero attached hydrogens (tertiary/aromatic N) is 3. The quantitative estimate of drug-likeness (QED) is 0.863. The molecule has 0 radical (unpaired) electrons. The van der Waals surface area contributed by atoms with Crippen LogP contribution in [0.3, 0.4) is 0 Å². The molecule has 2 N–H and O–H groups in total. The van der Waals surface area contributed by atoms with Gasteiger partial charge in [0.1, 0.15) is 0 Å². The average Bonchev–Trinajstić information content (AvgIpc) is 3.00. The molecular formula is C16H26N4O3. The van der Waals surface area contributed by atoms with Crippen LogP contribution in [0.25, 0.3) is 0 Å². The second-order valence-corrected chi connectivity index (χ2v) is 6.51. The fourth-order valence-electron chi connectivity index (χ4n) is 3.32. The van der Waals surface area contributed by atoms with Crippen molar-refractivity contribution in [3.05, 3.63) is 17.5 Å². The van der Waals surface area contributed by atoms with Gasteiger partial charge in [-0.1, -0.05) is 5.16 Å². The van der Waals surface area contributed by atoms with Crippen LogP contribution in [0, 0.1) is 12.8 Å². The van der Waals surface area contributed by atoms with Gasteiger partial charge in [-0.2, -0.15) is 0 Å². The lowest BCUT2D eigenvalue weighted by Gasteiger charge is -2.37. The summed E-state index contributed by atoms with van der Waals surface area (Å²) in [5, 5.41) is 3.91. The Bertz CT molecular complexity index is 519. The first kappa shape index (κ1) is 16.4. The third-order valence-electron chi connectivity index (χ3n) is 4.80. The maximum absolute atomic E-state index is 12.6. The minimum Gasteiger partial charge on any atom is -0.381 e. The number of carbonyl (C=O) groups is 1. The molecule has 0 aromatic carbocycles. The Hall–Kier alpha value is -1.44. The highest BCUT2D eigenvalue weighted by molar-refractivity contribution is 5.82. The second-order valence-electron chi connectivity index (χ2n) is 6.51. The summed E-state index contributed by atoms with van der Waals surface area (Å²) in [6.45, 7) is 7.23. The first-order chi connectivity index (χ1) is 11.1. The molecule has 3 heterocycles. The number of ether oxygens (including phenoxy) is 1. The molecule has 2 aliphatic heterocycles. The van der Waals surface area contributed by atoms with E-state index in [-0.39, 0.29) is 17.9 Å². The number of hydrogen-bond acceptors (Lipinski definition) is 6. The maximum atomic E-state index is 12.6. The monoisotopic (exact) mass is 322 g/mol. The van der Waals surface area contributed by atoms with Crippen LogP contribution in [0.15, 0.2) is 10.6 Å². The molecule has 1 unspecified atom stereocenters. The summed E-state index contributed by atoms with van der Waals surface area (Å²) in [4.78, 5) is 16.8. The van der Waals surface area contributed by atoms with Crippen molar-refractivity contribution in [2.75, 3.05) is 39.4 Å². The number of rotatable bonds is 4. The molecule has 3 rings (SSSR count). The van der Waals surface area contributed by atoms with Gasteiger partial charge in [-0.3, -0.25) is 9.69 Å². The zero-order valence-corrected chi connectivity index (χ0v) is 13.7. The van der Waals surface area contributed by atoms with Crippen LogP contribution in [0.2, 0.25) is 0 Å². The van der Waals surface area contributed by atoms with E-state index in [0.717, 1.165) is 70.2 Å². The van der Waals surface area contributed by atoms with Crippen LogP contribution in [-0.4, -0.2) is 66.3 Å². The van der Waals surface area contributed by atoms with Crippen LogP contribution in [0.5, 0.6) is 0 Å². The van der Waals surface area contributed by atoms with E-state index >= 15 is 0 Å². The summed E-state index contributed by atoms with van der Waals surface area (Å²) in [6.07, 6.45) is 1.77. The summed E-state index contributed by atoms with van der Waals surface area (Å²) >= 11 is 0. The number of hydrogen-bond donors (Lipinski definition) is 1. The molecule has 7 heteroatoms. The van der Waals surface area contributed by atoms with Gasteiger partial charge in [0.05, 0.1) is 18.3 Å². The van der Waals surface area contributed by atoms with Gasteiger partial charge in [-0.15, -0.1) is 0 Å². The van der Waals surface area contributed by atoms with E-state index in [1.807, 2.05) is 17.9 Å². The Kier molecular flexibility index (Phi) is 5.30. The molecule has 23 heavy (non-hydrogen) atoms. The summed E-state index contributed by atoms with van der Waals surface area (Å²) in [5.74, 6) is 1.22. The van der Waals surface area contributed by atoms with Gasteiger partial charge in [0.25, 0.3) is 0 Å². The highest BCUT2D eigenvalue weighted by Crippen LogP contribution is 2.19. The van der Waals surface area contributed by atoms with Crippen molar-refractivity contribution in [1.29, 1.82) is 0 Å². The SMILES string of the molecule is Cc1cc(CN2CCN(C(=O)C(N)C3CCOCC3)CC2)on1. The van der Waals surface area contributed by atoms with Crippen LogP contribution in [-0.2, 0) is 16.1 Å². The molecule has 1 atom stereocenters. The summed E-state index contributed by atoms with van der Waals surface area (Å²) in [5.41, 5.74) is 7.10. The van der Waals surface area contributed by atoms with E-state index in [1.165, 1.54) is 0 Å². The molecule has 0 spiro atoms. The second kappa shape index (κ2) is 7.42. The topological polar surface area (TPSA) is 84.8 Å². The third-order valence-corrected chi connectivity index (χ3v) is 4.80. The van der Waals surface area contributed by atoms with Crippen LogP contribution in [0.4, 0.5) is 0 Å². The number of carbonyl (C=O) groups excluding carboxylic acids is 1. The van der Waals surface area contributed by atoms with Gasteiger partial charge in [-0.05, 0) is 25.7 Å². The van der Waals surface area contributed by atoms with E-state index in [2.05, 4.69) is 10.1 Å². The molecule has 2 saturated heterocycles. The lowest BCUT2D eigenvalue weighted by Crippen LogP contribution is -2.55. The van der Waals surface area contributed by atoms with Gasteiger partial charge in [0.15, 0.2) is 5.76 Å². The summed E-state index contributed by atoms with van der Waals surface area (Å²) in [6, 6.07) is 1.57. The van der Waals surface area contributed by atoms with Crippen molar-refractivity contribution < 1.29 is 14.1 Å². The normalized spacial score (nSPS) is 22.3. The molecule has 2 fully saturated rings. The van der Waals surface area contributed by atoms with Crippen molar-refractivity contribution in [3.63, 3.8) is 0 Å². The Morgan fingerprint density at radius 3 is 2.65 bits per heavy atom. The zero-order chi connectivity index (χ0) is 16.2. The number of piperazine rings is 1. The molecule has 0 saturated carbocycles. The fourth-order valence-corrected chi connectivity index (χ4v) is 3.32. The van der Waals surface area contributed by atoms with Gasteiger partial charge in [-0.25, -0.2) is 0 Å². The van der Waals surface area contributed by atoms with Gasteiger partial charge < -0.3 is 19.9 Å². The van der Waals surface area contributed by atoms with Crippen LogP contribution >= 0.6 is 0 Å². The zero-order valence-electron chi connectivity index (χ0n) is 13.7. The van der Waals surface area contributed by atoms with E-state index < -0.39 is 0 Å². The maximum Gasteiger partial charge on any atom is 0.239 e. The predicted molar refractivity (Wildman–Crippen MR) is 84.6 cm³/mol. The molecular weight excluding hydrogens is 296 g/mol. The standard InChI is InChI=1S/C16H26N4O3/c1-12-10-14(23-18-12)11-19-4-6-20(7-5-19)16(21)15(17)13-2-8-22-9-3-13/h10,13,15H,2-9,11,17H2,1H3. The minimum absolute atomic E-state index is 0.0899. The third kappa shape index (κ3) is 4.10. The number of aryl methyl sites for hydroxylation is 1. The highest BCUT2D eigenvalue weighted by atomic mass is 16.5. The Labute approximate surface area is 136 Å². The summed E-state index contributed by atoms with van der Waals surface area (Å²) < 4.78 is 10.6. The minimum atomic E-state index is -0.387. The Morgan fingerprint density at radius 2 is 2.04 bits per heavy atom. The number of amides is 1. The first-order valence-electron chi connectivity index (χ1n) is 8.40.